The molecule has 9 heteroatoms. The topological polar surface area (TPSA) is 120 Å². The molecule has 2 aromatic heterocycles. The van der Waals surface area contributed by atoms with Gasteiger partial charge in [-0.3, -0.25) is 10.2 Å². The number of benzene rings is 1. The molecule has 0 saturated carbocycles. The van der Waals surface area contributed by atoms with E-state index in [-0.39, 0.29) is 18.7 Å². The van der Waals surface area contributed by atoms with Gasteiger partial charge in [0.2, 0.25) is 0 Å². The first-order valence-electron chi connectivity index (χ1n) is 11.2. The van der Waals surface area contributed by atoms with Crippen molar-refractivity contribution in [1.29, 1.82) is 0 Å². The van der Waals surface area contributed by atoms with Gasteiger partial charge < -0.3 is 20.3 Å². The quantitative estimate of drug-likeness (QED) is 0.442. The number of urea groups is 1. The molecule has 0 saturated heterocycles. The Kier molecular flexibility index (Phi) is 7.24. The highest BCUT2D eigenvalue weighted by Gasteiger charge is 2.29. The lowest BCUT2D eigenvalue weighted by Gasteiger charge is -2.27. The van der Waals surface area contributed by atoms with Crippen LogP contribution in [0.25, 0.3) is 11.3 Å². The first-order valence-corrected chi connectivity index (χ1v) is 11.2. The summed E-state index contributed by atoms with van der Waals surface area (Å²) in [6.45, 7) is 4.28. The molecule has 3 heterocycles. The Morgan fingerprint density at radius 1 is 1.29 bits per heavy atom. The van der Waals surface area contributed by atoms with E-state index in [0.29, 0.717) is 17.4 Å². The van der Waals surface area contributed by atoms with E-state index in [1.807, 2.05) is 44.2 Å². The number of nitrogens with one attached hydrogen (secondary N) is 2. The zero-order valence-corrected chi connectivity index (χ0v) is 19.2. The molecule has 0 radical (unpaired) electrons. The monoisotopic (exact) mass is 463 g/mol. The van der Waals surface area contributed by atoms with Gasteiger partial charge in [0.15, 0.2) is 5.82 Å². The van der Waals surface area contributed by atoms with Crippen LogP contribution in [0.3, 0.4) is 0 Å². The summed E-state index contributed by atoms with van der Waals surface area (Å²) >= 11 is 0. The van der Waals surface area contributed by atoms with E-state index in [1.165, 1.54) is 6.20 Å². The molecule has 0 bridgehead atoms. The highest BCUT2D eigenvalue weighted by molar-refractivity contribution is 6.03. The number of carbonyl (C=O) groups is 1. The van der Waals surface area contributed by atoms with Gasteiger partial charge in [-0.1, -0.05) is 23.8 Å². The van der Waals surface area contributed by atoms with Crippen molar-refractivity contribution in [3.63, 3.8) is 0 Å². The molecule has 4 rings (SSSR count). The summed E-state index contributed by atoms with van der Waals surface area (Å²) in [6, 6.07) is 14.7. The molecule has 1 aliphatic heterocycles. The molecule has 178 valence electrons. The largest absolute Gasteiger partial charge is 0.491 e. The summed E-state index contributed by atoms with van der Waals surface area (Å²) in [6.07, 6.45) is 1.27. The number of aromatic nitrogens is 2. The van der Waals surface area contributed by atoms with Crippen LogP contribution in [0.15, 0.2) is 54.7 Å². The maximum absolute atomic E-state index is 13.4. The molecule has 9 nitrogen and oxygen atoms in total. The van der Waals surface area contributed by atoms with E-state index in [4.69, 9.17) is 14.8 Å². The number of fused-ring (bicyclic) bond motifs is 1. The van der Waals surface area contributed by atoms with Crippen LogP contribution in [0.2, 0.25) is 0 Å². The van der Waals surface area contributed by atoms with Gasteiger partial charge >= 0.3 is 6.03 Å². The van der Waals surface area contributed by atoms with Crippen LogP contribution in [-0.2, 0) is 0 Å². The number of pyridine rings is 2. The minimum absolute atomic E-state index is 0.0677. The number of aryl methyl sites for hydroxylation is 1. The number of nitrogens with zero attached hydrogens (tertiary/aromatic N) is 3. The summed E-state index contributed by atoms with van der Waals surface area (Å²) in [5, 5.41) is 24.7. The average Bonchev–Trinajstić information content (AvgIpc) is 3.00. The summed E-state index contributed by atoms with van der Waals surface area (Å²) in [5.74, 6) is 1.28. The number of carbonyl (C=O) groups excluding carboxylic acids is 1. The van der Waals surface area contributed by atoms with Gasteiger partial charge in [0, 0.05) is 30.4 Å². The predicted octanol–water partition coefficient (Wildman–Crippen LogP) is 3.43. The number of hydrogen-bond acceptors (Lipinski definition) is 7. The highest BCUT2D eigenvalue weighted by atomic mass is 16.5. The number of hydrogen-bond donors (Lipinski definition) is 4. The van der Waals surface area contributed by atoms with E-state index in [2.05, 4.69) is 21.7 Å². The number of aliphatic hydroxyl groups is 2. The summed E-state index contributed by atoms with van der Waals surface area (Å²) in [7, 11) is 0. The first-order chi connectivity index (χ1) is 16.4. The Morgan fingerprint density at radius 2 is 2.15 bits per heavy atom. The number of aliphatic hydroxyl groups excluding tert-OH is 2. The molecule has 4 N–H and O–H groups in total. The molecule has 2 amide bonds. The normalized spacial score (nSPS) is 16.1. The smallest absolute Gasteiger partial charge is 0.328 e. The van der Waals surface area contributed by atoms with Crippen LogP contribution >= 0.6 is 0 Å². The minimum atomic E-state index is -0.984. The lowest BCUT2D eigenvalue weighted by Crippen LogP contribution is -2.42. The Labute approximate surface area is 198 Å². The number of ether oxygens (including phenoxy) is 1. The van der Waals surface area contributed by atoms with Crippen LogP contribution < -0.4 is 20.3 Å². The van der Waals surface area contributed by atoms with Crippen molar-refractivity contribution in [2.45, 2.75) is 32.4 Å². The second-order valence-corrected chi connectivity index (χ2v) is 8.33. The van der Waals surface area contributed by atoms with Crippen molar-refractivity contribution in [3.05, 3.63) is 60.3 Å². The molecule has 0 aliphatic carbocycles. The number of amides is 2. The van der Waals surface area contributed by atoms with E-state index in [0.717, 1.165) is 35.5 Å². The van der Waals surface area contributed by atoms with Crippen LogP contribution in [0, 0.1) is 6.92 Å². The van der Waals surface area contributed by atoms with E-state index < -0.39 is 12.7 Å². The van der Waals surface area contributed by atoms with Gasteiger partial charge in [0.1, 0.15) is 24.3 Å². The average molecular weight is 464 g/mol. The maximum atomic E-state index is 13.4. The Bertz CT molecular complexity index is 1160. The fraction of sp³-hybridized carbons (Fsp3) is 0.320. The fourth-order valence-corrected chi connectivity index (χ4v) is 3.77. The predicted molar refractivity (Wildman–Crippen MR) is 131 cm³/mol. The van der Waals surface area contributed by atoms with Gasteiger partial charge in [-0.05, 0) is 44.5 Å². The van der Waals surface area contributed by atoms with Gasteiger partial charge in [-0.15, -0.1) is 0 Å². The fourth-order valence-electron chi connectivity index (χ4n) is 3.77. The Balaban J connectivity index is 1.60. The van der Waals surface area contributed by atoms with Crippen molar-refractivity contribution < 1.29 is 19.7 Å². The van der Waals surface area contributed by atoms with Crippen LogP contribution in [0.4, 0.5) is 22.1 Å². The van der Waals surface area contributed by atoms with Crippen molar-refractivity contribution in [2.75, 3.05) is 35.3 Å². The second kappa shape index (κ2) is 10.5. The molecule has 0 spiro atoms. The minimum Gasteiger partial charge on any atom is -0.491 e. The number of rotatable bonds is 6. The molecule has 3 aromatic rings. The van der Waals surface area contributed by atoms with Gasteiger partial charge in [0.05, 0.1) is 18.0 Å². The molecule has 34 heavy (non-hydrogen) atoms. The van der Waals surface area contributed by atoms with Crippen molar-refractivity contribution in [1.82, 2.24) is 9.97 Å². The van der Waals surface area contributed by atoms with E-state index >= 15 is 0 Å². The standard InChI is InChI=1S/C25H29N5O4/c1-16-4-3-5-18(12-16)21-6-7-22-24(28-21)30(17(2)8-10-26-22)25(33)29-23-13-20(9-11-27-23)34-15-19(32)14-31/h3-7,9,11-13,17,19,26,31-32H,8,10,14-15H2,1-2H3,(H,27,29,33)/t17-,19?/m1/s1. The molecule has 1 aliphatic rings. The Hall–Kier alpha value is -3.69. The SMILES string of the molecule is Cc1cccc(-c2ccc3c(n2)N(C(=O)Nc2cc(OCC(O)CO)ccn2)[C@H](C)CCN3)c1. The summed E-state index contributed by atoms with van der Waals surface area (Å²) in [4.78, 5) is 24.1. The van der Waals surface area contributed by atoms with Crippen LogP contribution in [0.5, 0.6) is 5.75 Å². The van der Waals surface area contributed by atoms with E-state index in [1.54, 1.807) is 17.0 Å². The van der Waals surface area contributed by atoms with Gasteiger partial charge in [-0.2, -0.15) is 0 Å². The zero-order valence-electron chi connectivity index (χ0n) is 19.2. The summed E-state index contributed by atoms with van der Waals surface area (Å²) < 4.78 is 5.46. The van der Waals surface area contributed by atoms with Gasteiger partial charge in [-0.25, -0.2) is 14.8 Å². The second-order valence-electron chi connectivity index (χ2n) is 8.33. The first kappa shape index (κ1) is 23.5. The molecule has 1 unspecified atom stereocenters. The zero-order chi connectivity index (χ0) is 24.1. The highest BCUT2D eigenvalue weighted by Crippen LogP contribution is 2.33. The summed E-state index contributed by atoms with van der Waals surface area (Å²) in [5.41, 5.74) is 3.69. The number of anilines is 3. The van der Waals surface area contributed by atoms with Crippen molar-refractivity contribution in [2.24, 2.45) is 0 Å². The third kappa shape index (κ3) is 5.44. The molecule has 1 aromatic carbocycles. The lowest BCUT2D eigenvalue weighted by atomic mass is 10.1. The molecule has 0 fully saturated rings. The van der Waals surface area contributed by atoms with Crippen molar-refractivity contribution >= 4 is 23.4 Å². The van der Waals surface area contributed by atoms with Crippen molar-refractivity contribution in [3.8, 4) is 17.0 Å². The maximum Gasteiger partial charge on any atom is 0.328 e. The third-order valence-electron chi connectivity index (χ3n) is 5.57. The lowest BCUT2D eigenvalue weighted by molar-refractivity contribution is 0.0536. The molecule has 2 atom stereocenters. The third-order valence-corrected chi connectivity index (χ3v) is 5.57. The Morgan fingerprint density at radius 3 is 2.94 bits per heavy atom. The van der Waals surface area contributed by atoms with Gasteiger partial charge in [0.25, 0.3) is 0 Å². The van der Waals surface area contributed by atoms with Crippen LogP contribution in [0.1, 0.15) is 18.9 Å². The molecular formula is C25H29N5O4. The van der Waals surface area contributed by atoms with Crippen LogP contribution in [-0.4, -0.2) is 58.1 Å². The molecular weight excluding hydrogens is 434 g/mol. The van der Waals surface area contributed by atoms with E-state index in [9.17, 15) is 9.90 Å².